The number of nitrogens with two attached hydrogens (primary N) is 1. The normalized spacial score (nSPS) is 14.6. The quantitative estimate of drug-likeness (QED) is 0.722. The fraction of sp³-hybridized carbons (Fsp3) is 0.538. The standard InChI is InChI=1S/C13H20ClFN2O/c1-8(2)6-13(3,18)7-17-12-4-9(14)10(15)5-11(12)16/h4-5,8,17-18H,6-7,16H2,1-3H3. The van der Waals surface area contributed by atoms with Crippen molar-refractivity contribution in [3.05, 3.63) is 23.0 Å². The first-order valence-electron chi connectivity index (χ1n) is 5.92. The molecule has 0 saturated heterocycles. The molecule has 5 heteroatoms. The molecule has 1 aromatic rings. The number of aliphatic hydroxyl groups is 1. The molecule has 0 heterocycles. The molecule has 1 unspecified atom stereocenters. The molecule has 102 valence electrons. The Morgan fingerprint density at radius 2 is 2.11 bits per heavy atom. The van der Waals surface area contributed by atoms with Crippen LogP contribution in [-0.4, -0.2) is 17.3 Å². The highest BCUT2D eigenvalue weighted by Crippen LogP contribution is 2.27. The third-order valence-electron chi connectivity index (χ3n) is 2.60. The molecule has 0 saturated carbocycles. The topological polar surface area (TPSA) is 58.3 Å². The molecule has 0 bridgehead atoms. The Morgan fingerprint density at radius 3 is 2.67 bits per heavy atom. The van der Waals surface area contributed by atoms with Gasteiger partial charge < -0.3 is 16.2 Å². The van der Waals surface area contributed by atoms with Gasteiger partial charge >= 0.3 is 0 Å². The van der Waals surface area contributed by atoms with E-state index in [1.54, 1.807) is 6.92 Å². The summed E-state index contributed by atoms with van der Waals surface area (Å²) in [7, 11) is 0. The highest BCUT2D eigenvalue weighted by atomic mass is 35.5. The van der Waals surface area contributed by atoms with Gasteiger partial charge in [0.1, 0.15) is 5.82 Å². The van der Waals surface area contributed by atoms with E-state index in [9.17, 15) is 9.50 Å². The molecule has 4 N–H and O–H groups in total. The number of nitrogen functional groups attached to an aromatic ring is 1. The molecule has 0 fully saturated rings. The summed E-state index contributed by atoms with van der Waals surface area (Å²) in [6.07, 6.45) is 0.662. The summed E-state index contributed by atoms with van der Waals surface area (Å²) in [6.45, 7) is 6.16. The average molecular weight is 275 g/mol. The Bertz CT molecular complexity index is 422. The van der Waals surface area contributed by atoms with Gasteiger partial charge in [-0.3, -0.25) is 0 Å². The maximum Gasteiger partial charge on any atom is 0.143 e. The fourth-order valence-electron chi connectivity index (χ4n) is 1.95. The fourth-order valence-corrected chi connectivity index (χ4v) is 2.12. The van der Waals surface area contributed by atoms with Gasteiger partial charge in [-0.05, 0) is 25.3 Å². The second-order valence-corrected chi connectivity index (χ2v) is 5.71. The lowest BCUT2D eigenvalue weighted by molar-refractivity contribution is 0.0516. The number of halogens is 2. The summed E-state index contributed by atoms with van der Waals surface area (Å²) in [6, 6.07) is 2.60. The third-order valence-corrected chi connectivity index (χ3v) is 2.89. The van der Waals surface area contributed by atoms with Crippen molar-refractivity contribution in [3.63, 3.8) is 0 Å². The van der Waals surface area contributed by atoms with Gasteiger partial charge in [-0.15, -0.1) is 0 Å². The van der Waals surface area contributed by atoms with Gasteiger partial charge in [-0.2, -0.15) is 0 Å². The number of rotatable bonds is 5. The average Bonchev–Trinajstić information content (AvgIpc) is 2.19. The molecule has 0 radical (unpaired) electrons. The zero-order valence-corrected chi connectivity index (χ0v) is 11.7. The first-order chi connectivity index (χ1) is 8.21. The lowest BCUT2D eigenvalue weighted by Gasteiger charge is -2.26. The zero-order chi connectivity index (χ0) is 13.9. The summed E-state index contributed by atoms with van der Waals surface area (Å²) in [4.78, 5) is 0. The minimum absolute atomic E-state index is 0.00945. The van der Waals surface area contributed by atoms with Crippen LogP contribution in [0.1, 0.15) is 27.2 Å². The molecule has 1 atom stereocenters. The van der Waals surface area contributed by atoms with Crippen LogP contribution in [0, 0.1) is 11.7 Å². The molecular formula is C13H20ClFN2O. The van der Waals surface area contributed by atoms with E-state index < -0.39 is 11.4 Å². The lowest BCUT2D eigenvalue weighted by Crippen LogP contribution is -2.35. The molecule has 1 aromatic carbocycles. The molecule has 0 aromatic heterocycles. The van der Waals surface area contributed by atoms with Crippen LogP contribution in [0.4, 0.5) is 15.8 Å². The Morgan fingerprint density at radius 1 is 1.50 bits per heavy atom. The van der Waals surface area contributed by atoms with E-state index in [-0.39, 0.29) is 10.7 Å². The van der Waals surface area contributed by atoms with E-state index in [4.69, 9.17) is 17.3 Å². The monoisotopic (exact) mass is 274 g/mol. The van der Waals surface area contributed by atoms with Crippen LogP contribution < -0.4 is 11.1 Å². The van der Waals surface area contributed by atoms with Crippen molar-refractivity contribution in [2.45, 2.75) is 32.8 Å². The molecule has 18 heavy (non-hydrogen) atoms. The minimum Gasteiger partial charge on any atom is -0.397 e. The first-order valence-corrected chi connectivity index (χ1v) is 6.30. The number of hydrogen-bond acceptors (Lipinski definition) is 3. The van der Waals surface area contributed by atoms with Crippen molar-refractivity contribution in [2.75, 3.05) is 17.6 Å². The second kappa shape index (κ2) is 5.76. The minimum atomic E-state index is -0.846. The number of benzene rings is 1. The van der Waals surface area contributed by atoms with Gasteiger partial charge in [0.25, 0.3) is 0 Å². The second-order valence-electron chi connectivity index (χ2n) is 5.30. The van der Waals surface area contributed by atoms with E-state index in [2.05, 4.69) is 5.32 Å². The highest BCUT2D eigenvalue weighted by Gasteiger charge is 2.22. The highest BCUT2D eigenvalue weighted by molar-refractivity contribution is 6.31. The predicted molar refractivity (Wildman–Crippen MR) is 74.4 cm³/mol. The Balaban J connectivity index is 2.72. The van der Waals surface area contributed by atoms with Crippen molar-refractivity contribution in [3.8, 4) is 0 Å². The summed E-state index contributed by atoms with van der Waals surface area (Å²) in [5, 5.41) is 13.2. The predicted octanol–water partition coefficient (Wildman–Crippen LogP) is 3.27. The molecule has 0 spiro atoms. The SMILES string of the molecule is CC(C)CC(C)(O)CNc1cc(Cl)c(F)cc1N. The van der Waals surface area contributed by atoms with Crippen molar-refractivity contribution >= 4 is 23.0 Å². The number of anilines is 2. The van der Waals surface area contributed by atoms with Gasteiger partial charge in [0, 0.05) is 12.6 Å². The van der Waals surface area contributed by atoms with E-state index in [1.165, 1.54) is 12.1 Å². The molecular weight excluding hydrogens is 255 g/mol. The van der Waals surface area contributed by atoms with Gasteiger partial charge in [0.15, 0.2) is 0 Å². The smallest absolute Gasteiger partial charge is 0.143 e. The molecule has 1 rings (SSSR count). The number of hydrogen-bond donors (Lipinski definition) is 3. The van der Waals surface area contributed by atoms with E-state index >= 15 is 0 Å². The number of nitrogens with one attached hydrogen (secondary N) is 1. The molecule has 0 aliphatic rings. The van der Waals surface area contributed by atoms with Crippen LogP contribution in [-0.2, 0) is 0 Å². The van der Waals surface area contributed by atoms with Crippen LogP contribution in [0.25, 0.3) is 0 Å². The van der Waals surface area contributed by atoms with Crippen molar-refractivity contribution in [2.24, 2.45) is 5.92 Å². The molecule has 0 amide bonds. The van der Waals surface area contributed by atoms with Crippen LogP contribution >= 0.6 is 11.6 Å². The third kappa shape index (κ3) is 4.35. The van der Waals surface area contributed by atoms with Crippen molar-refractivity contribution < 1.29 is 9.50 Å². The largest absolute Gasteiger partial charge is 0.397 e. The van der Waals surface area contributed by atoms with E-state index in [0.717, 1.165) is 0 Å². The van der Waals surface area contributed by atoms with Gasteiger partial charge in [-0.25, -0.2) is 4.39 Å². The van der Waals surface area contributed by atoms with E-state index in [1.807, 2.05) is 13.8 Å². The Hall–Kier alpha value is -1.00. The van der Waals surface area contributed by atoms with Gasteiger partial charge in [-0.1, -0.05) is 25.4 Å². The maximum atomic E-state index is 13.1. The van der Waals surface area contributed by atoms with Crippen molar-refractivity contribution in [1.29, 1.82) is 0 Å². The molecule has 0 aliphatic heterocycles. The zero-order valence-electron chi connectivity index (χ0n) is 10.9. The molecule has 0 aliphatic carbocycles. The van der Waals surface area contributed by atoms with Crippen LogP contribution in [0.3, 0.4) is 0 Å². The Kier molecular flexibility index (Phi) is 4.82. The first kappa shape index (κ1) is 15.1. The molecule has 3 nitrogen and oxygen atoms in total. The van der Waals surface area contributed by atoms with Crippen LogP contribution in [0.5, 0.6) is 0 Å². The lowest BCUT2D eigenvalue weighted by atomic mass is 9.94. The summed E-state index contributed by atoms with van der Waals surface area (Å²) in [5.41, 5.74) is 5.64. The maximum absolute atomic E-state index is 13.1. The summed E-state index contributed by atoms with van der Waals surface area (Å²) < 4.78 is 13.1. The van der Waals surface area contributed by atoms with Crippen LogP contribution in [0.2, 0.25) is 5.02 Å². The van der Waals surface area contributed by atoms with Gasteiger partial charge in [0.2, 0.25) is 0 Å². The van der Waals surface area contributed by atoms with Crippen molar-refractivity contribution in [1.82, 2.24) is 0 Å². The summed E-state index contributed by atoms with van der Waals surface area (Å²) in [5.74, 6) is -0.162. The van der Waals surface area contributed by atoms with Crippen LogP contribution in [0.15, 0.2) is 12.1 Å². The Labute approximate surface area is 112 Å². The van der Waals surface area contributed by atoms with Gasteiger partial charge in [0.05, 0.1) is 22.0 Å². The van der Waals surface area contributed by atoms with E-state index in [0.29, 0.717) is 24.6 Å². The summed E-state index contributed by atoms with van der Waals surface area (Å²) >= 11 is 5.69.